The van der Waals surface area contributed by atoms with Crippen LogP contribution in [0.3, 0.4) is 0 Å². The largest absolute Gasteiger partial charge is 0.481 e. The van der Waals surface area contributed by atoms with E-state index in [1.54, 1.807) is 0 Å². The van der Waals surface area contributed by atoms with E-state index in [-0.39, 0.29) is 5.56 Å². The summed E-state index contributed by atoms with van der Waals surface area (Å²) in [7, 11) is 0. The van der Waals surface area contributed by atoms with E-state index in [1.807, 2.05) is 0 Å². The van der Waals surface area contributed by atoms with Gasteiger partial charge in [0.1, 0.15) is 11.6 Å². The van der Waals surface area contributed by atoms with E-state index in [0.717, 1.165) is 12.1 Å². The van der Waals surface area contributed by atoms with E-state index in [1.165, 1.54) is 0 Å². The van der Waals surface area contributed by atoms with Crippen molar-refractivity contribution < 1.29 is 18.7 Å². The first kappa shape index (κ1) is 9.92. The highest BCUT2D eigenvalue weighted by molar-refractivity contribution is 6.30. The van der Waals surface area contributed by atoms with Crippen molar-refractivity contribution in [3.8, 4) is 0 Å². The lowest BCUT2D eigenvalue weighted by atomic mass is 10.1. The van der Waals surface area contributed by atoms with Crippen LogP contribution in [0.2, 0.25) is 5.02 Å². The maximum atomic E-state index is 13.0. The summed E-state index contributed by atoms with van der Waals surface area (Å²) in [5.74, 6) is -2.87. The quantitative estimate of drug-likeness (QED) is 0.754. The third kappa shape index (κ3) is 2.39. The first-order chi connectivity index (χ1) is 6.00. The fourth-order valence-corrected chi connectivity index (χ4v) is 1.13. The third-order valence-corrected chi connectivity index (χ3v) is 1.69. The van der Waals surface area contributed by atoms with Crippen molar-refractivity contribution in [3.05, 3.63) is 34.4 Å². The van der Waals surface area contributed by atoms with Gasteiger partial charge in [0, 0.05) is 5.56 Å². The average Bonchev–Trinajstić information content (AvgIpc) is 1.98. The molecule has 1 rings (SSSR count). The molecule has 5 heteroatoms. The van der Waals surface area contributed by atoms with Gasteiger partial charge >= 0.3 is 5.97 Å². The number of hydrogen-bond acceptors (Lipinski definition) is 1. The minimum atomic E-state index is -1.24. The van der Waals surface area contributed by atoms with Gasteiger partial charge < -0.3 is 5.11 Å². The first-order valence-electron chi connectivity index (χ1n) is 3.36. The molecule has 1 aromatic carbocycles. The SMILES string of the molecule is O=C(O)Cc1cc(F)cc(Cl)c1F. The zero-order valence-corrected chi connectivity index (χ0v) is 7.11. The van der Waals surface area contributed by atoms with Crippen molar-refractivity contribution in [1.82, 2.24) is 0 Å². The number of carbonyl (C=O) groups is 1. The molecule has 1 aromatic rings. The van der Waals surface area contributed by atoms with Crippen LogP contribution in [-0.4, -0.2) is 11.1 Å². The Kier molecular flexibility index (Phi) is 2.83. The molecule has 2 nitrogen and oxygen atoms in total. The molecule has 13 heavy (non-hydrogen) atoms. The van der Waals surface area contributed by atoms with Crippen LogP contribution < -0.4 is 0 Å². The van der Waals surface area contributed by atoms with Gasteiger partial charge in [0.15, 0.2) is 0 Å². The number of aliphatic carboxylic acids is 1. The summed E-state index contributed by atoms with van der Waals surface area (Å²) in [6, 6.07) is 1.61. The van der Waals surface area contributed by atoms with E-state index < -0.39 is 29.0 Å². The molecule has 0 saturated carbocycles. The summed E-state index contributed by atoms with van der Waals surface area (Å²) in [6.07, 6.45) is -0.580. The Morgan fingerprint density at radius 1 is 1.46 bits per heavy atom. The molecule has 0 spiro atoms. The van der Waals surface area contributed by atoms with Crippen molar-refractivity contribution in [3.63, 3.8) is 0 Å². The molecular weight excluding hydrogens is 202 g/mol. The summed E-state index contributed by atoms with van der Waals surface area (Å²) in [6.45, 7) is 0. The van der Waals surface area contributed by atoms with Crippen LogP contribution in [0.15, 0.2) is 12.1 Å². The first-order valence-corrected chi connectivity index (χ1v) is 3.73. The molecule has 0 saturated heterocycles. The third-order valence-electron chi connectivity index (χ3n) is 1.41. The van der Waals surface area contributed by atoms with Gasteiger partial charge in [0.2, 0.25) is 0 Å². The lowest BCUT2D eigenvalue weighted by Gasteiger charge is -2.01. The fraction of sp³-hybridized carbons (Fsp3) is 0.125. The lowest BCUT2D eigenvalue weighted by molar-refractivity contribution is -0.136. The van der Waals surface area contributed by atoms with E-state index in [2.05, 4.69) is 0 Å². The van der Waals surface area contributed by atoms with Crippen LogP contribution in [-0.2, 0) is 11.2 Å². The summed E-state index contributed by atoms with van der Waals surface area (Å²) in [5.41, 5.74) is -0.252. The van der Waals surface area contributed by atoms with E-state index in [4.69, 9.17) is 16.7 Å². The molecule has 0 radical (unpaired) electrons. The Morgan fingerprint density at radius 2 is 2.08 bits per heavy atom. The molecule has 0 atom stereocenters. The monoisotopic (exact) mass is 206 g/mol. The van der Waals surface area contributed by atoms with Crippen LogP contribution in [0.25, 0.3) is 0 Å². The molecular formula is C8H5ClF2O2. The van der Waals surface area contributed by atoms with Gasteiger partial charge in [0.05, 0.1) is 11.4 Å². The van der Waals surface area contributed by atoms with E-state index in [9.17, 15) is 13.6 Å². The predicted molar refractivity (Wildman–Crippen MR) is 42.7 cm³/mol. The Morgan fingerprint density at radius 3 is 2.62 bits per heavy atom. The molecule has 0 aliphatic heterocycles. The van der Waals surface area contributed by atoms with Gasteiger partial charge in [-0.3, -0.25) is 4.79 Å². The summed E-state index contributed by atoms with van der Waals surface area (Å²) in [5, 5.41) is 7.93. The highest BCUT2D eigenvalue weighted by Crippen LogP contribution is 2.20. The highest BCUT2D eigenvalue weighted by atomic mass is 35.5. The van der Waals surface area contributed by atoms with Crippen LogP contribution in [0.1, 0.15) is 5.56 Å². The maximum absolute atomic E-state index is 13.0. The zero-order chi connectivity index (χ0) is 10.0. The Bertz CT molecular complexity index is 352. The minimum absolute atomic E-state index is 0.252. The molecule has 70 valence electrons. The summed E-state index contributed by atoms with van der Waals surface area (Å²) < 4.78 is 25.6. The Labute approximate surface area is 77.8 Å². The number of rotatable bonds is 2. The van der Waals surface area contributed by atoms with Gasteiger partial charge in [-0.1, -0.05) is 11.6 Å². The smallest absolute Gasteiger partial charge is 0.307 e. The molecule has 0 bridgehead atoms. The Balaban J connectivity index is 3.12. The molecule has 0 heterocycles. The minimum Gasteiger partial charge on any atom is -0.481 e. The summed E-state index contributed by atoms with van der Waals surface area (Å²) >= 11 is 5.29. The number of halogens is 3. The standard InChI is InChI=1S/C8H5ClF2O2/c9-6-3-5(10)1-4(8(6)11)2-7(12)13/h1,3H,2H2,(H,12,13). The number of benzene rings is 1. The normalized spacial score (nSPS) is 10.1. The van der Waals surface area contributed by atoms with Gasteiger partial charge in [-0.25, -0.2) is 8.78 Å². The van der Waals surface area contributed by atoms with Gasteiger partial charge in [0.25, 0.3) is 0 Å². The zero-order valence-electron chi connectivity index (χ0n) is 6.35. The molecule has 0 aliphatic rings. The lowest BCUT2D eigenvalue weighted by Crippen LogP contribution is -2.03. The van der Waals surface area contributed by atoms with E-state index >= 15 is 0 Å². The van der Waals surface area contributed by atoms with Crippen LogP contribution in [0.5, 0.6) is 0 Å². The van der Waals surface area contributed by atoms with Crippen molar-refractivity contribution in [1.29, 1.82) is 0 Å². The van der Waals surface area contributed by atoms with Crippen LogP contribution in [0, 0.1) is 11.6 Å². The molecule has 0 aromatic heterocycles. The van der Waals surface area contributed by atoms with Crippen LogP contribution in [0.4, 0.5) is 8.78 Å². The van der Waals surface area contributed by atoms with Crippen molar-refractivity contribution in [2.24, 2.45) is 0 Å². The van der Waals surface area contributed by atoms with Gasteiger partial charge in [-0.15, -0.1) is 0 Å². The molecule has 0 fully saturated rings. The molecule has 0 unspecified atom stereocenters. The number of carboxylic acids is 1. The van der Waals surface area contributed by atoms with Crippen molar-refractivity contribution in [2.45, 2.75) is 6.42 Å². The molecule has 0 amide bonds. The Hall–Kier alpha value is -1.16. The topological polar surface area (TPSA) is 37.3 Å². The number of carboxylic acid groups (broad SMARTS) is 1. The highest BCUT2D eigenvalue weighted by Gasteiger charge is 2.11. The number of hydrogen-bond donors (Lipinski definition) is 1. The van der Waals surface area contributed by atoms with Gasteiger partial charge in [-0.2, -0.15) is 0 Å². The average molecular weight is 207 g/mol. The summed E-state index contributed by atoms with van der Waals surface area (Å²) in [4.78, 5) is 10.2. The second-order valence-corrected chi connectivity index (χ2v) is 2.84. The second kappa shape index (κ2) is 3.70. The van der Waals surface area contributed by atoms with Crippen LogP contribution >= 0.6 is 11.6 Å². The molecule has 0 aliphatic carbocycles. The van der Waals surface area contributed by atoms with Crippen molar-refractivity contribution >= 4 is 17.6 Å². The van der Waals surface area contributed by atoms with E-state index in [0.29, 0.717) is 0 Å². The molecule has 1 N–H and O–H groups in total. The second-order valence-electron chi connectivity index (χ2n) is 2.43. The van der Waals surface area contributed by atoms with Gasteiger partial charge in [-0.05, 0) is 12.1 Å². The maximum Gasteiger partial charge on any atom is 0.307 e. The predicted octanol–water partition coefficient (Wildman–Crippen LogP) is 2.25. The van der Waals surface area contributed by atoms with Crippen molar-refractivity contribution in [2.75, 3.05) is 0 Å². The fourth-order valence-electron chi connectivity index (χ4n) is 0.901.